The van der Waals surface area contributed by atoms with Crippen LogP contribution in [0, 0.1) is 13.8 Å². The Morgan fingerprint density at radius 2 is 1.81 bits per heavy atom. The summed E-state index contributed by atoms with van der Waals surface area (Å²) in [5.41, 5.74) is 9.13. The Morgan fingerprint density at radius 1 is 1.05 bits per heavy atom. The number of sulfonamides is 1. The second kappa shape index (κ2) is 6.39. The average Bonchev–Trinajstić information content (AvgIpc) is 2.46. The Bertz CT molecular complexity index is 740. The molecule has 0 heterocycles. The summed E-state index contributed by atoms with van der Waals surface area (Å²) in [6.45, 7) is 4.35. The fraction of sp³-hybridized carbons (Fsp3) is 0.250. The molecule has 0 atom stereocenters. The Morgan fingerprint density at radius 3 is 2.48 bits per heavy atom. The van der Waals surface area contributed by atoms with E-state index in [-0.39, 0.29) is 11.4 Å². The van der Waals surface area contributed by atoms with E-state index >= 15 is 0 Å². The highest BCUT2D eigenvalue weighted by molar-refractivity contribution is 7.89. The van der Waals surface area contributed by atoms with Gasteiger partial charge in [0, 0.05) is 13.1 Å². The second-order valence-corrected chi connectivity index (χ2v) is 6.85. The minimum absolute atomic E-state index is 0.274. The van der Waals surface area contributed by atoms with Crippen LogP contribution in [0.2, 0.25) is 0 Å². The van der Waals surface area contributed by atoms with E-state index in [4.69, 9.17) is 5.73 Å². The van der Waals surface area contributed by atoms with Crippen molar-refractivity contribution in [1.29, 1.82) is 0 Å². The van der Waals surface area contributed by atoms with Crippen molar-refractivity contribution in [1.82, 2.24) is 4.72 Å². The predicted molar refractivity (Wildman–Crippen MR) is 84.3 cm³/mol. The van der Waals surface area contributed by atoms with Crippen molar-refractivity contribution in [3.8, 4) is 0 Å². The fourth-order valence-electron chi connectivity index (χ4n) is 2.14. The molecule has 0 saturated heterocycles. The standard InChI is InChI=1S/C16H20N2O2S/c1-12-4-3-5-15(8-12)11-18-21(19,20)16-9-14(10-17)7-6-13(16)2/h3-9,18H,10-11,17H2,1-2H3. The lowest BCUT2D eigenvalue weighted by molar-refractivity contribution is 0.580. The first kappa shape index (κ1) is 15.7. The molecular weight excluding hydrogens is 284 g/mol. The molecule has 0 unspecified atom stereocenters. The summed E-state index contributed by atoms with van der Waals surface area (Å²) >= 11 is 0. The number of aryl methyl sites for hydroxylation is 2. The fourth-order valence-corrected chi connectivity index (χ4v) is 3.45. The molecule has 0 bridgehead atoms. The van der Waals surface area contributed by atoms with E-state index in [0.717, 1.165) is 16.7 Å². The molecule has 3 N–H and O–H groups in total. The highest BCUT2D eigenvalue weighted by atomic mass is 32.2. The summed E-state index contributed by atoms with van der Waals surface area (Å²) in [6, 6.07) is 13.0. The monoisotopic (exact) mass is 304 g/mol. The second-order valence-electron chi connectivity index (χ2n) is 5.12. The summed E-state index contributed by atoms with van der Waals surface area (Å²) in [4.78, 5) is 0.290. The van der Waals surface area contributed by atoms with Gasteiger partial charge in [0.1, 0.15) is 0 Å². The van der Waals surface area contributed by atoms with Gasteiger partial charge < -0.3 is 5.73 Å². The third kappa shape index (κ3) is 3.91. The smallest absolute Gasteiger partial charge is 0.241 e. The van der Waals surface area contributed by atoms with Gasteiger partial charge in [0.05, 0.1) is 4.90 Å². The van der Waals surface area contributed by atoms with Crippen LogP contribution in [-0.2, 0) is 23.1 Å². The van der Waals surface area contributed by atoms with Crippen LogP contribution in [0.3, 0.4) is 0 Å². The number of hydrogen-bond acceptors (Lipinski definition) is 3. The molecule has 0 aliphatic carbocycles. The van der Waals surface area contributed by atoms with Crippen molar-refractivity contribution in [3.63, 3.8) is 0 Å². The van der Waals surface area contributed by atoms with Crippen LogP contribution in [0.5, 0.6) is 0 Å². The first-order valence-electron chi connectivity index (χ1n) is 6.77. The van der Waals surface area contributed by atoms with E-state index in [1.807, 2.05) is 37.3 Å². The highest BCUT2D eigenvalue weighted by Gasteiger charge is 2.16. The normalized spacial score (nSPS) is 11.6. The topological polar surface area (TPSA) is 72.2 Å². The zero-order valence-electron chi connectivity index (χ0n) is 12.3. The van der Waals surface area contributed by atoms with Crippen molar-refractivity contribution >= 4 is 10.0 Å². The highest BCUT2D eigenvalue weighted by Crippen LogP contribution is 2.17. The summed E-state index contributed by atoms with van der Waals surface area (Å²) in [7, 11) is -3.54. The van der Waals surface area contributed by atoms with Crippen LogP contribution in [0.4, 0.5) is 0 Å². The Hall–Kier alpha value is -1.69. The van der Waals surface area contributed by atoms with Crippen molar-refractivity contribution in [2.75, 3.05) is 0 Å². The molecule has 2 rings (SSSR count). The summed E-state index contributed by atoms with van der Waals surface area (Å²) < 4.78 is 27.5. The maximum Gasteiger partial charge on any atom is 0.241 e. The Kier molecular flexibility index (Phi) is 4.77. The van der Waals surface area contributed by atoms with Gasteiger partial charge in [0.15, 0.2) is 0 Å². The number of rotatable bonds is 5. The van der Waals surface area contributed by atoms with E-state index in [9.17, 15) is 8.42 Å². The molecule has 0 aromatic heterocycles. The lowest BCUT2D eigenvalue weighted by atomic mass is 10.1. The van der Waals surface area contributed by atoms with Crippen LogP contribution in [-0.4, -0.2) is 8.42 Å². The molecule has 0 saturated carbocycles. The third-order valence-corrected chi connectivity index (χ3v) is 4.87. The van der Waals surface area contributed by atoms with Crippen molar-refractivity contribution < 1.29 is 8.42 Å². The van der Waals surface area contributed by atoms with Crippen molar-refractivity contribution in [2.24, 2.45) is 5.73 Å². The molecule has 0 spiro atoms. The SMILES string of the molecule is Cc1cccc(CNS(=O)(=O)c2cc(CN)ccc2C)c1. The predicted octanol–water partition coefficient (Wildman–Crippen LogP) is 2.24. The largest absolute Gasteiger partial charge is 0.326 e. The van der Waals surface area contributed by atoms with E-state index in [1.54, 1.807) is 19.1 Å². The summed E-state index contributed by atoms with van der Waals surface area (Å²) in [6.07, 6.45) is 0. The number of hydrogen-bond donors (Lipinski definition) is 2. The van der Waals surface area contributed by atoms with Gasteiger partial charge >= 0.3 is 0 Å². The summed E-state index contributed by atoms with van der Waals surface area (Å²) in [5, 5.41) is 0. The van der Waals surface area contributed by atoms with Crippen molar-refractivity contribution in [3.05, 3.63) is 64.7 Å². The van der Waals surface area contributed by atoms with Gasteiger partial charge in [0.25, 0.3) is 0 Å². The molecule has 112 valence electrons. The molecule has 0 fully saturated rings. The minimum Gasteiger partial charge on any atom is -0.326 e. The molecule has 2 aromatic rings. The minimum atomic E-state index is -3.54. The molecule has 0 aliphatic rings. The number of benzene rings is 2. The molecule has 21 heavy (non-hydrogen) atoms. The van der Waals surface area contributed by atoms with E-state index in [2.05, 4.69) is 4.72 Å². The van der Waals surface area contributed by atoms with Crippen LogP contribution >= 0.6 is 0 Å². The Labute approximate surface area is 126 Å². The molecule has 0 radical (unpaired) electrons. The van der Waals surface area contributed by atoms with Crippen LogP contribution < -0.4 is 10.5 Å². The molecular formula is C16H20N2O2S. The quantitative estimate of drug-likeness (QED) is 0.890. The number of nitrogens with one attached hydrogen (secondary N) is 1. The van der Waals surface area contributed by atoms with Gasteiger partial charge in [-0.3, -0.25) is 0 Å². The van der Waals surface area contributed by atoms with Crippen molar-refractivity contribution in [2.45, 2.75) is 31.8 Å². The van der Waals surface area contributed by atoms with Crippen LogP contribution in [0.15, 0.2) is 47.4 Å². The molecule has 4 nitrogen and oxygen atoms in total. The maximum atomic E-state index is 12.4. The average molecular weight is 304 g/mol. The van der Waals surface area contributed by atoms with Crippen LogP contribution in [0.1, 0.15) is 22.3 Å². The lowest BCUT2D eigenvalue weighted by Gasteiger charge is -2.11. The van der Waals surface area contributed by atoms with Gasteiger partial charge in [0.2, 0.25) is 10.0 Å². The lowest BCUT2D eigenvalue weighted by Crippen LogP contribution is -2.24. The van der Waals surface area contributed by atoms with Gasteiger partial charge in [-0.2, -0.15) is 0 Å². The van der Waals surface area contributed by atoms with Crippen LogP contribution in [0.25, 0.3) is 0 Å². The van der Waals surface area contributed by atoms with E-state index in [1.165, 1.54) is 0 Å². The molecule has 5 heteroatoms. The van der Waals surface area contributed by atoms with Gasteiger partial charge in [-0.05, 0) is 36.6 Å². The molecule has 2 aromatic carbocycles. The zero-order chi connectivity index (χ0) is 15.5. The molecule has 0 amide bonds. The zero-order valence-corrected chi connectivity index (χ0v) is 13.1. The van der Waals surface area contributed by atoms with E-state index < -0.39 is 10.0 Å². The van der Waals surface area contributed by atoms with Gasteiger partial charge in [-0.25, -0.2) is 13.1 Å². The Balaban J connectivity index is 2.22. The number of nitrogens with two attached hydrogens (primary N) is 1. The third-order valence-electron chi connectivity index (χ3n) is 3.33. The van der Waals surface area contributed by atoms with E-state index in [0.29, 0.717) is 12.1 Å². The first-order valence-corrected chi connectivity index (χ1v) is 8.25. The summed E-state index contributed by atoms with van der Waals surface area (Å²) in [5.74, 6) is 0. The van der Waals surface area contributed by atoms with Gasteiger partial charge in [-0.1, -0.05) is 42.0 Å². The molecule has 0 aliphatic heterocycles. The first-order chi connectivity index (χ1) is 9.92. The van der Waals surface area contributed by atoms with Gasteiger partial charge in [-0.15, -0.1) is 0 Å². The maximum absolute atomic E-state index is 12.4.